The molecule has 0 aliphatic carbocycles. The monoisotopic (exact) mass is 237 g/mol. The minimum absolute atomic E-state index is 0.187. The largest absolute Gasteiger partial charge is 0.383 e. The Morgan fingerprint density at radius 2 is 2.35 bits per heavy atom. The first-order chi connectivity index (χ1) is 8.21. The molecule has 1 heterocycles. The SMILES string of the molecule is CCC(COC)Nc1ccnc(C(=O)NC)c1. The molecule has 0 saturated heterocycles. The maximum Gasteiger partial charge on any atom is 0.269 e. The normalized spacial score (nSPS) is 11.9. The average molecular weight is 237 g/mol. The van der Waals surface area contributed by atoms with E-state index in [0.29, 0.717) is 12.3 Å². The molecule has 1 atom stereocenters. The maximum atomic E-state index is 11.4. The Morgan fingerprint density at radius 3 is 2.94 bits per heavy atom. The van der Waals surface area contributed by atoms with Crippen molar-refractivity contribution in [3.05, 3.63) is 24.0 Å². The molecule has 5 nitrogen and oxygen atoms in total. The van der Waals surface area contributed by atoms with Gasteiger partial charge in [-0.2, -0.15) is 0 Å². The van der Waals surface area contributed by atoms with Gasteiger partial charge in [-0.15, -0.1) is 0 Å². The van der Waals surface area contributed by atoms with Crippen LogP contribution in [0.15, 0.2) is 18.3 Å². The van der Waals surface area contributed by atoms with Crippen molar-refractivity contribution >= 4 is 11.6 Å². The van der Waals surface area contributed by atoms with E-state index in [2.05, 4.69) is 22.5 Å². The number of hydrogen-bond acceptors (Lipinski definition) is 4. The van der Waals surface area contributed by atoms with Gasteiger partial charge in [0.1, 0.15) is 5.69 Å². The van der Waals surface area contributed by atoms with Crippen LogP contribution >= 0.6 is 0 Å². The average Bonchev–Trinajstić information content (AvgIpc) is 2.37. The van der Waals surface area contributed by atoms with Crippen LogP contribution in [0, 0.1) is 0 Å². The topological polar surface area (TPSA) is 63.2 Å². The molecule has 17 heavy (non-hydrogen) atoms. The van der Waals surface area contributed by atoms with Gasteiger partial charge in [0.2, 0.25) is 0 Å². The maximum absolute atomic E-state index is 11.4. The van der Waals surface area contributed by atoms with Crippen LogP contribution in [0.1, 0.15) is 23.8 Å². The number of nitrogens with zero attached hydrogens (tertiary/aromatic N) is 1. The summed E-state index contributed by atoms with van der Waals surface area (Å²) in [4.78, 5) is 15.4. The van der Waals surface area contributed by atoms with Gasteiger partial charge < -0.3 is 15.4 Å². The van der Waals surface area contributed by atoms with Crippen molar-refractivity contribution in [2.24, 2.45) is 0 Å². The number of amides is 1. The van der Waals surface area contributed by atoms with Crippen LogP contribution in [0.5, 0.6) is 0 Å². The van der Waals surface area contributed by atoms with Gasteiger partial charge in [-0.05, 0) is 18.6 Å². The number of aromatic nitrogens is 1. The van der Waals surface area contributed by atoms with Crippen LogP contribution in [0.25, 0.3) is 0 Å². The van der Waals surface area contributed by atoms with Gasteiger partial charge in [0.15, 0.2) is 0 Å². The van der Waals surface area contributed by atoms with E-state index in [1.807, 2.05) is 6.07 Å². The summed E-state index contributed by atoms with van der Waals surface area (Å²) < 4.78 is 5.11. The second kappa shape index (κ2) is 6.85. The molecule has 1 aromatic rings. The number of methoxy groups -OCH3 is 1. The first-order valence-corrected chi connectivity index (χ1v) is 5.64. The third-order valence-electron chi connectivity index (χ3n) is 2.45. The van der Waals surface area contributed by atoms with Gasteiger partial charge >= 0.3 is 0 Å². The van der Waals surface area contributed by atoms with Crippen molar-refractivity contribution in [1.82, 2.24) is 10.3 Å². The summed E-state index contributed by atoms with van der Waals surface area (Å²) in [5.41, 5.74) is 1.28. The smallest absolute Gasteiger partial charge is 0.269 e. The molecule has 0 saturated carbocycles. The zero-order valence-corrected chi connectivity index (χ0v) is 10.5. The third kappa shape index (κ3) is 4.03. The number of carbonyl (C=O) groups is 1. The molecule has 0 aliphatic rings. The fraction of sp³-hybridized carbons (Fsp3) is 0.500. The number of anilines is 1. The molecular formula is C12H19N3O2. The first-order valence-electron chi connectivity index (χ1n) is 5.64. The molecule has 94 valence electrons. The Bertz CT molecular complexity index is 369. The van der Waals surface area contributed by atoms with E-state index in [4.69, 9.17) is 4.74 Å². The molecular weight excluding hydrogens is 218 g/mol. The molecule has 0 radical (unpaired) electrons. The Kier molecular flexibility index (Phi) is 5.42. The fourth-order valence-corrected chi connectivity index (χ4v) is 1.47. The molecule has 1 amide bonds. The molecule has 0 fully saturated rings. The van der Waals surface area contributed by atoms with Crippen LogP contribution in [-0.2, 0) is 4.74 Å². The molecule has 1 aromatic heterocycles. The van der Waals surface area contributed by atoms with E-state index in [9.17, 15) is 4.79 Å². The Labute approximate surface area is 102 Å². The highest BCUT2D eigenvalue weighted by Crippen LogP contribution is 2.11. The lowest BCUT2D eigenvalue weighted by Gasteiger charge is -2.17. The third-order valence-corrected chi connectivity index (χ3v) is 2.45. The molecule has 1 rings (SSSR count). The number of hydrogen-bond donors (Lipinski definition) is 2. The highest BCUT2D eigenvalue weighted by molar-refractivity contribution is 5.92. The number of nitrogens with one attached hydrogen (secondary N) is 2. The van der Waals surface area contributed by atoms with E-state index in [1.54, 1.807) is 26.4 Å². The van der Waals surface area contributed by atoms with Crippen molar-refractivity contribution in [2.45, 2.75) is 19.4 Å². The molecule has 1 unspecified atom stereocenters. The number of carbonyl (C=O) groups excluding carboxylic acids is 1. The Balaban J connectivity index is 2.74. The van der Waals surface area contributed by atoms with Crippen LogP contribution in [0.3, 0.4) is 0 Å². The Morgan fingerprint density at radius 1 is 1.59 bits per heavy atom. The lowest BCUT2D eigenvalue weighted by atomic mass is 10.2. The van der Waals surface area contributed by atoms with Gasteiger partial charge in [-0.1, -0.05) is 6.92 Å². The predicted molar refractivity (Wildman–Crippen MR) is 67.2 cm³/mol. The van der Waals surface area contributed by atoms with Gasteiger partial charge in [-0.3, -0.25) is 9.78 Å². The second-order valence-corrected chi connectivity index (χ2v) is 3.71. The lowest BCUT2D eigenvalue weighted by Crippen LogP contribution is -2.24. The number of rotatable bonds is 6. The van der Waals surface area contributed by atoms with Crippen LogP contribution in [-0.4, -0.2) is 37.7 Å². The van der Waals surface area contributed by atoms with Gasteiger partial charge in [0.05, 0.1) is 6.61 Å². The van der Waals surface area contributed by atoms with Gasteiger partial charge in [0.25, 0.3) is 5.91 Å². The van der Waals surface area contributed by atoms with Crippen molar-refractivity contribution < 1.29 is 9.53 Å². The van der Waals surface area contributed by atoms with E-state index in [1.165, 1.54) is 0 Å². The van der Waals surface area contributed by atoms with Crippen molar-refractivity contribution in [2.75, 3.05) is 26.1 Å². The molecule has 0 aliphatic heterocycles. The molecule has 0 aromatic carbocycles. The summed E-state index contributed by atoms with van der Waals surface area (Å²) in [6.45, 7) is 2.71. The van der Waals surface area contributed by atoms with Crippen LogP contribution in [0.2, 0.25) is 0 Å². The summed E-state index contributed by atoms with van der Waals surface area (Å²) in [6, 6.07) is 3.81. The first kappa shape index (κ1) is 13.4. The van der Waals surface area contributed by atoms with Gasteiger partial charge in [-0.25, -0.2) is 0 Å². The van der Waals surface area contributed by atoms with Crippen LogP contribution < -0.4 is 10.6 Å². The summed E-state index contributed by atoms with van der Waals surface area (Å²) in [6.07, 6.45) is 2.57. The zero-order chi connectivity index (χ0) is 12.7. The highest BCUT2D eigenvalue weighted by Gasteiger charge is 2.08. The summed E-state index contributed by atoms with van der Waals surface area (Å²) in [5.74, 6) is -0.187. The zero-order valence-electron chi connectivity index (χ0n) is 10.5. The van der Waals surface area contributed by atoms with Gasteiger partial charge in [0, 0.05) is 32.1 Å². The number of pyridine rings is 1. The Hall–Kier alpha value is -1.62. The molecule has 0 bridgehead atoms. The fourth-order valence-electron chi connectivity index (χ4n) is 1.47. The minimum Gasteiger partial charge on any atom is -0.383 e. The molecule has 5 heteroatoms. The highest BCUT2D eigenvalue weighted by atomic mass is 16.5. The van der Waals surface area contributed by atoms with Crippen molar-refractivity contribution in [1.29, 1.82) is 0 Å². The number of ether oxygens (including phenoxy) is 1. The molecule has 2 N–H and O–H groups in total. The van der Waals surface area contributed by atoms with E-state index >= 15 is 0 Å². The van der Waals surface area contributed by atoms with E-state index in [-0.39, 0.29) is 11.9 Å². The quantitative estimate of drug-likeness (QED) is 0.782. The van der Waals surface area contributed by atoms with Crippen molar-refractivity contribution in [3.8, 4) is 0 Å². The van der Waals surface area contributed by atoms with Crippen molar-refractivity contribution in [3.63, 3.8) is 0 Å². The van der Waals surface area contributed by atoms with E-state index < -0.39 is 0 Å². The standard InChI is InChI=1S/C12H19N3O2/c1-4-9(8-17-3)15-10-5-6-14-11(7-10)12(16)13-2/h5-7,9H,4,8H2,1-3H3,(H,13,16)(H,14,15). The predicted octanol–water partition coefficient (Wildman–Crippen LogP) is 1.28. The summed E-state index contributed by atoms with van der Waals surface area (Å²) in [7, 11) is 3.26. The minimum atomic E-state index is -0.187. The lowest BCUT2D eigenvalue weighted by molar-refractivity contribution is 0.0958. The molecule has 0 spiro atoms. The summed E-state index contributed by atoms with van der Waals surface area (Å²) in [5, 5.41) is 5.85. The second-order valence-electron chi connectivity index (χ2n) is 3.71. The van der Waals surface area contributed by atoms with E-state index in [0.717, 1.165) is 12.1 Å². The summed E-state index contributed by atoms with van der Waals surface area (Å²) >= 11 is 0. The van der Waals surface area contributed by atoms with Crippen LogP contribution in [0.4, 0.5) is 5.69 Å².